The van der Waals surface area contributed by atoms with Gasteiger partial charge in [-0.05, 0) is 67.5 Å². The van der Waals surface area contributed by atoms with Crippen molar-refractivity contribution in [2.75, 3.05) is 25.0 Å². The van der Waals surface area contributed by atoms with Crippen molar-refractivity contribution in [2.45, 2.75) is 26.3 Å². The first-order valence-electron chi connectivity index (χ1n) is 15.0. The van der Waals surface area contributed by atoms with Crippen LogP contribution in [0, 0.1) is 0 Å². The number of hydrogen-bond acceptors (Lipinski definition) is 10. The fourth-order valence-electron chi connectivity index (χ4n) is 5.85. The molecule has 15 heteroatoms. The fraction of sp³-hybridized carbons (Fsp3) is 0.226. The van der Waals surface area contributed by atoms with Crippen molar-refractivity contribution in [1.82, 2.24) is 64.3 Å². The minimum atomic E-state index is -0.301. The molecule has 0 aliphatic rings. The zero-order valence-corrected chi connectivity index (χ0v) is 25.8. The molecule has 0 amide bonds. The molecular formula is C31H29ClN14. The molecule has 8 rings (SSSR count). The van der Waals surface area contributed by atoms with Crippen molar-refractivity contribution in [1.29, 1.82) is 0 Å². The van der Waals surface area contributed by atoms with Gasteiger partial charge in [0.25, 0.3) is 0 Å². The van der Waals surface area contributed by atoms with Gasteiger partial charge in [0.05, 0.1) is 41.9 Å². The molecular weight excluding hydrogens is 604 g/mol. The Labute approximate surface area is 266 Å². The second-order valence-electron chi connectivity index (χ2n) is 11.0. The van der Waals surface area contributed by atoms with Crippen molar-refractivity contribution in [3.63, 3.8) is 0 Å². The van der Waals surface area contributed by atoms with E-state index in [-0.39, 0.29) is 11.3 Å². The topological polar surface area (TPSA) is 160 Å². The van der Waals surface area contributed by atoms with Crippen LogP contribution in [0.2, 0.25) is 5.28 Å². The molecule has 0 aliphatic carbocycles. The highest BCUT2D eigenvalue weighted by molar-refractivity contribution is 6.28. The molecule has 1 unspecified atom stereocenters. The van der Waals surface area contributed by atoms with E-state index in [0.29, 0.717) is 28.3 Å². The van der Waals surface area contributed by atoms with Crippen molar-refractivity contribution in [3.8, 4) is 11.4 Å². The van der Waals surface area contributed by atoms with Gasteiger partial charge in [0, 0.05) is 28.7 Å². The summed E-state index contributed by atoms with van der Waals surface area (Å²) >= 11 is 6.32. The Balaban J connectivity index is 1.24. The molecule has 0 radical (unpaired) electrons. The molecule has 3 N–H and O–H groups in total. The lowest BCUT2D eigenvalue weighted by Crippen LogP contribution is -2.28. The van der Waals surface area contributed by atoms with Crippen LogP contribution in [0.4, 0.5) is 5.95 Å². The summed E-state index contributed by atoms with van der Waals surface area (Å²) in [7, 11) is 0. The molecule has 0 bridgehead atoms. The zero-order valence-electron chi connectivity index (χ0n) is 25.1. The van der Waals surface area contributed by atoms with Gasteiger partial charge in [-0.25, -0.2) is 19.9 Å². The van der Waals surface area contributed by atoms with Crippen LogP contribution in [0.25, 0.3) is 55.5 Å². The number of aromatic nitrogens is 12. The molecule has 6 aromatic heterocycles. The molecule has 0 saturated carbocycles. The number of fused-ring (bicyclic) bond motifs is 4. The molecule has 0 fully saturated rings. The summed E-state index contributed by atoms with van der Waals surface area (Å²) in [4.78, 5) is 30.4. The smallest absolute Gasteiger partial charge is 0.225 e. The van der Waals surface area contributed by atoms with Gasteiger partial charge in [0.15, 0.2) is 11.3 Å². The Morgan fingerprint density at radius 3 is 2.28 bits per heavy atom. The largest absolute Gasteiger partial charge is 0.344 e. The van der Waals surface area contributed by atoms with E-state index in [1.54, 1.807) is 31.1 Å². The van der Waals surface area contributed by atoms with Crippen LogP contribution >= 0.6 is 11.6 Å². The van der Waals surface area contributed by atoms with Crippen molar-refractivity contribution < 1.29 is 0 Å². The molecule has 230 valence electrons. The molecule has 6 heterocycles. The van der Waals surface area contributed by atoms with Crippen LogP contribution in [0.15, 0.2) is 67.5 Å². The van der Waals surface area contributed by atoms with Gasteiger partial charge in [-0.2, -0.15) is 20.2 Å². The van der Waals surface area contributed by atoms with Crippen LogP contribution in [0.3, 0.4) is 0 Å². The van der Waals surface area contributed by atoms with Gasteiger partial charge in [-0.3, -0.25) is 19.3 Å². The van der Waals surface area contributed by atoms with E-state index in [4.69, 9.17) is 21.6 Å². The first-order chi connectivity index (χ1) is 22.6. The van der Waals surface area contributed by atoms with E-state index in [9.17, 15) is 0 Å². The molecule has 1 atom stereocenters. The average molecular weight is 633 g/mol. The lowest BCUT2D eigenvalue weighted by Gasteiger charge is -2.24. The molecule has 14 nitrogen and oxygen atoms in total. The summed E-state index contributed by atoms with van der Waals surface area (Å²) in [6.07, 6.45) is 9.47. The Hall–Kier alpha value is -5.47. The fourth-order valence-corrected chi connectivity index (χ4v) is 5.98. The highest BCUT2D eigenvalue weighted by Crippen LogP contribution is 2.30. The Kier molecular flexibility index (Phi) is 6.99. The lowest BCUT2D eigenvalue weighted by atomic mass is 10.1. The predicted molar refractivity (Wildman–Crippen MR) is 176 cm³/mol. The summed E-state index contributed by atoms with van der Waals surface area (Å²) in [6.45, 7) is 7.02. The summed E-state index contributed by atoms with van der Waals surface area (Å²) in [6, 6.07) is 11.8. The van der Waals surface area contributed by atoms with Crippen molar-refractivity contribution >= 4 is 61.7 Å². The third-order valence-corrected chi connectivity index (χ3v) is 8.50. The van der Waals surface area contributed by atoms with E-state index in [0.717, 1.165) is 65.1 Å². The average Bonchev–Trinajstić information content (AvgIpc) is 3.88. The maximum atomic E-state index is 6.32. The first-order valence-corrected chi connectivity index (χ1v) is 15.4. The standard InChI is InChI=1S/C31H29ClN14/c1-3-44(4-2)10-9-24(28-38-26-16-33-30(32)40-29(26)46(28)21-6-8-23-19(12-21)14-37-43-23)39-31-34-15-25-27(41-31)45(17-35-25)20-5-7-22-18(11-20)13-36-42-22/h5-8,11-17,24H,3-4,9-10H2,1-2H3,(H,36,42)(H,37,43)(H,34,39,41). The van der Waals surface area contributed by atoms with Crippen LogP contribution in [-0.4, -0.2) is 84.0 Å². The maximum Gasteiger partial charge on any atom is 0.225 e. The van der Waals surface area contributed by atoms with Gasteiger partial charge in [0.1, 0.15) is 23.2 Å². The third kappa shape index (κ3) is 4.97. The quantitative estimate of drug-likeness (QED) is 0.170. The first kappa shape index (κ1) is 28.0. The highest BCUT2D eigenvalue weighted by Gasteiger charge is 2.25. The summed E-state index contributed by atoms with van der Waals surface area (Å²) in [5, 5.41) is 20.1. The van der Waals surface area contributed by atoms with E-state index in [1.165, 1.54) is 0 Å². The molecule has 2 aromatic carbocycles. The number of imidazole rings is 2. The number of halogens is 1. The number of benzene rings is 2. The normalized spacial score (nSPS) is 12.7. The van der Waals surface area contributed by atoms with E-state index in [2.05, 4.69) is 70.5 Å². The zero-order chi connectivity index (χ0) is 31.2. The minimum Gasteiger partial charge on any atom is -0.344 e. The van der Waals surface area contributed by atoms with E-state index in [1.807, 2.05) is 39.5 Å². The Morgan fingerprint density at radius 2 is 1.52 bits per heavy atom. The van der Waals surface area contributed by atoms with Crippen molar-refractivity contribution in [3.05, 3.63) is 78.6 Å². The van der Waals surface area contributed by atoms with Crippen LogP contribution in [-0.2, 0) is 0 Å². The number of nitrogens with zero attached hydrogens (tertiary/aromatic N) is 11. The molecule has 0 spiro atoms. The number of rotatable bonds is 10. The molecule has 0 saturated heterocycles. The monoisotopic (exact) mass is 632 g/mol. The summed E-state index contributed by atoms with van der Waals surface area (Å²) in [5.41, 5.74) is 6.29. The molecule has 8 aromatic rings. The maximum absolute atomic E-state index is 6.32. The van der Waals surface area contributed by atoms with Crippen molar-refractivity contribution in [2.24, 2.45) is 0 Å². The Bertz CT molecular complexity index is 2330. The summed E-state index contributed by atoms with van der Waals surface area (Å²) in [5.74, 6) is 1.19. The second-order valence-corrected chi connectivity index (χ2v) is 11.3. The number of hydrogen-bond donors (Lipinski definition) is 3. The predicted octanol–water partition coefficient (Wildman–Crippen LogP) is 5.24. The molecule has 0 aliphatic heterocycles. The number of anilines is 1. The lowest BCUT2D eigenvalue weighted by molar-refractivity contribution is 0.292. The van der Waals surface area contributed by atoms with Gasteiger partial charge in [0.2, 0.25) is 11.2 Å². The van der Waals surface area contributed by atoms with E-state index >= 15 is 0 Å². The van der Waals surface area contributed by atoms with Gasteiger partial charge in [-0.15, -0.1) is 0 Å². The van der Waals surface area contributed by atoms with Gasteiger partial charge < -0.3 is 10.2 Å². The van der Waals surface area contributed by atoms with Crippen LogP contribution < -0.4 is 5.32 Å². The minimum absolute atomic E-state index is 0.146. The molecule has 46 heavy (non-hydrogen) atoms. The highest BCUT2D eigenvalue weighted by atomic mass is 35.5. The Morgan fingerprint density at radius 1 is 0.804 bits per heavy atom. The van der Waals surface area contributed by atoms with Crippen LogP contribution in [0.5, 0.6) is 0 Å². The number of H-pyrrole nitrogens is 2. The van der Waals surface area contributed by atoms with Crippen LogP contribution in [0.1, 0.15) is 32.1 Å². The SMILES string of the molecule is CCN(CC)CCC(Nc1ncc2ncn(-c3ccc4[nH]ncc4c3)c2n1)c1nc2cnc(Cl)nc2n1-c1ccc2[nH]ncc2c1. The van der Waals surface area contributed by atoms with Gasteiger partial charge >= 0.3 is 0 Å². The number of nitrogens with one attached hydrogen (secondary N) is 3. The summed E-state index contributed by atoms with van der Waals surface area (Å²) < 4.78 is 3.98. The third-order valence-electron chi connectivity index (χ3n) is 8.31. The van der Waals surface area contributed by atoms with Gasteiger partial charge in [-0.1, -0.05) is 13.8 Å². The second kappa shape index (κ2) is 11.5. The van der Waals surface area contributed by atoms with E-state index < -0.39 is 0 Å². The number of aromatic amines is 2.